The van der Waals surface area contributed by atoms with E-state index in [9.17, 15) is 9.59 Å². The van der Waals surface area contributed by atoms with Crippen LogP contribution in [-0.2, 0) is 22.6 Å². The molecule has 0 heterocycles. The summed E-state index contributed by atoms with van der Waals surface area (Å²) in [6.45, 7) is 0.855. The van der Waals surface area contributed by atoms with Crippen LogP contribution in [0.15, 0.2) is 42.5 Å². The van der Waals surface area contributed by atoms with Gasteiger partial charge in [0.05, 0.1) is 0 Å². The van der Waals surface area contributed by atoms with E-state index in [1.165, 1.54) is 22.3 Å². The van der Waals surface area contributed by atoms with Crippen LogP contribution in [0.2, 0.25) is 0 Å². The summed E-state index contributed by atoms with van der Waals surface area (Å²) >= 11 is 0. The lowest BCUT2D eigenvalue weighted by Gasteiger charge is -2.10. The van der Waals surface area contributed by atoms with Gasteiger partial charge in [-0.05, 0) is 47.1 Å². The highest BCUT2D eigenvalue weighted by Crippen LogP contribution is 2.38. The molecule has 1 aliphatic carbocycles. The number of ether oxygens (including phenoxy) is 1. The lowest BCUT2D eigenvalue weighted by atomic mass is 10.0. The molecule has 0 fully saturated rings. The number of aliphatic carboxylic acids is 1. The summed E-state index contributed by atoms with van der Waals surface area (Å²) in [5.41, 5.74) is 6.13. The van der Waals surface area contributed by atoms with Crippen molar-refractivity contribution in [2.45, 2.75) is 51.6 Å². The second-order valence-corrected chi connectivity index (χ2v) is 7.19. The van der Waals surface area contributed by atoms with Gasteiger partial charge in [-0.3, -0.25) is 4.79 Å². The standard InChI is InChI=1S/C23H27NO4/c25-22(26)13-4-2-1-3-7-14-24-23(27)28-16-18-10-8-12-20-19-11-6-5-9-17(19)15-21(18)20/h5-6,8-12H,1-4,7,13-16H2,(H,24,27)(H,25,26). The van der Waals surface area contributed by atoms with Crippen LogP contribution >= 0.6 is 0 Å². The van der Waals surface area contributed by atoms with Crippen molar-refractivity contribution in [1.29, 1.82) is 0 Å². The zero-order valence-corrected chi connectivity index (χ0v) is 16.1. The Morgan fingerprint density at radius 2 is 1.68 bits per heavy atom. The third kappa shape index (κ3) is 5.35. The Hall–Kier alpha value is -2.82. The average molecular weight is 381 g/mol. The van der Waals surface area contributed by atoms with Gasteiger partial charge in [0.15, 0.2) is 0 Å². The van der Waals surface area contributed by atoms with Gasteiger partial charge in [0, 0.05) is 13.0 Å². The summed E-state index contributed by atoms with van der Waals surface area (Å²) in [5, 5.41) is 11.4. The summed E-state index contributed by atoms with van der Waals surface area (Å²) in [7, 11) is 0. The van der Waals surface area contributed by atoms with E-state index < -0.39 is 5.97 Å². The third-order valence-electron chi connectivity index (χ3n) is 5.14. The number of alkyl carbamates (subject to hydrolysis) is 1. The van der Waals surface area contributed by atoms with Gasteiger partial charge in [-0.2, -0.15) is 0 Å². The maximum atomic E-state index is 11.9. The van der Waals surface area contributed by atoms with E-state index in [0.717, 1.165) is 44.1 Å². The Morgan fingerprint density at radius 3 is 2.54 bits per heavy atom. The van der Waals surface area contributed by atoms with Crippen molar-refractivity contribution < 1.29 is 19.4 Å². The van der Waals surface area contributed by atoms with Crippen molar-refractivity contribution in [1.82, 2.24) is 5.32 Å². The van der Waals surface area contributed by atoms with Gasteiger partial charge < -0.3 is 15.2 Å². The first kappa shape index (κ1) is 19.9. The molecule has 28 heavy (non-hydrogen) atoms. The van der Waals surface area contributed by atoms with Crippen LogP contribution in [0.1, 0.15) is 55.2 Å². The number of unbranched alkanes of at least 4 members (excludes halogenated alkanes) is 4. The second kappa shape index (κ2) is 9.93. The predicted molar refractivity (Wildman–Crippen MR) is 108 cm³/mol. The number of nitrogens with one attached hydrogen (secondary N) is 1. The number of hydrogen-bond acceptors (Lipinski definition) is 3. The number of rotatable bonds is 10. The zero-order chi connectivity index (χ0) is 19.8. The molecule has 5 nitrogen and oxygen atoms in total. The van der Waals surface area contributed by atoms with E-state index in [-0.39, 0.29) is 19.1 Å². The third-order valence-corrected chi connectivity index (χ3v) is 5.14. The lowest BCUT2D eigenvalue weighted by molar-refractivity contribution is -0.137. The van der Waals surface area contributed by atoms with Crippen molar-refractivity contribution in [3.63, 3.8) is 0 Å². The Labute approximate surface area is 165 Å². The van der Waals surface area contributed by atoms with Crippen molar-refractivity contribution >= 4 is 12.1 Å². The summed E-state index contributed by atoms with van der Waals surface area (Å²) in [5.74, 6) is -0.739. The largest absolute Gasteiger partial charge is 0.481 e. The fraction of sp³-hybridized carbons (Fsp3) is 0.391. The first-order valence-electron chi connectivity index (χ1n) is 9.96. The van der Waals surface area contributed by atoms with Gasteiger partial charge in [0.1, 0.15) is 6.61 Å². The van der Waals surface area contributed by atoms with E-state index in [1.54, 1.807) is 0 Å². The summed E-state index contributed by atoms with van der Waals surface area (Å²) in [4.78, 5) is 22.4. The zero-order valence-electron chi connectivity index (χ0n) is 16.1. The fourth-order valence-corrected chi connectivity index (χ4v) is 3.67. The molecule has 5 heteroatoms. The first-order valence-corrected chi connectivity index (χ1v) is 9.96. The number of carboxylic acids is 1. The van der Waals surface area contributed by atoms with Crippen molar-refractivity contribution in [2.75, 3.05) is 6.54 Å². The molecule has 1 aliphatic rings. The molecule has 0 bridgehead atoms. The molecular formula is C23H27NO4. The number of hydrogen-bond donors (Lipinski definition) is 2. The van der Waals surface area contributed by atoms with Crippen LogP contribution in [0.4, 0.5) is 4.79 Å². The van der Waals surface area contributed by atoms with Gasteiger partial charge in [-0.25, -0.2) is 4.79 Å². The molecule has 0 saturated heterocycles. The topological polar surface area (TPSA) is 75.6 Å². The second-order valence-electron chi connectivity index (χ2n) is 7.19. The molecule has 0 unspecified atom stereocenters. The van der Waals surface area contributed by atoms with E-state index in [2.05, 4.69) is 35.6 Å². The van der Waals surface area contributed by atoms with E-state index >= 15 is 0 Å². The van der Waals surface area contributed by atoms with Crippen LogP contribution in [0, 0.1) is 0 Å². The molecule has 2 aromatic carbocycles. The predicted octanol–water partition coefficient (Wildman–Crippen LogP) is 4.91. The highest BCUT2D eigenvalue weighted by Gasteiger charge is 2.20. The molecule has 2 aromatic rings. The number of carbonyl (C=O) groups is 2. The van der Waals surface area contributed by atoms with Crippen molar-refractivity contribution in [3.8, 4) is 11.1 Å². The first-order chi connectivity index (χ1) is 13.6. The molecule has 148 valence electrons. The molecule has 0 spiro atoms. The Kier molecular flexibility index (Phi) is 7.06. The Morgan fingerprint density at radius 1 is 0.929 bits per heavy atom. The van der Waals surface area contributed by atoms with Gasteiger partial charge in [0.2, 0.25) is 0 Å². The Bertz CT molecular complexity index is 831. The molecule has 0 radical (unpaired) electrons. The SMILES string of the molecule is O=C(O)CCCCCCCNC(=O)OCc1cccc2c1Cc1ccccc1-2. The van der Waals surface area contributed by atoms with Crippen LogP contribution in [0.25, 0.3) is 11.1 Å². The van der Waals surface area contributed by atoms with Crippen LogP contribution in [0.5, 0.6) is 0 Å². The molecule has 1 amide bonds. The number of amides is 1. The molecule has 0 saturated carbocycles. The highest BCUT2D eigenvalue weighted by molar-refractivity contribution is 5.78. The van der Waals surface area contributed by atoms with Gasteiger partial charge in [0.25, 0.3) is 0 Å². The average Bonchev–Trinajstić information content (AvgIpc) is 3.07. The Balaban J connectivity index is 1.37. The van der Waals surface area contributed by atoms with Crippen molar-refractivity contribution in [3.05, 3.63) is 59.2 Å². The monoisotopic (exact) mass is 381 g/mol. The minimum atomic E-state index is -0.739. The van der Waals surface area contributed by atoms with Gasteiger partial charge >= 0.3 is 12.1 Å². The summed E-state index contributed by atoms with van der Waals surface area (Å²) < 4.78 is 5.41. The van der Waals surface area contributed by atoms with Crippen molar-refractivity contribution in [2.24, 2.45) is 0 Å². The maximum absolute atomic E-state index is 11.9. The summed E-state index contributed by atoms with van der Waals surface area (Å²) in [6.07, 6.45) is 5.20. The minimum Gasteiger partial charge on any atom is -0.481 e. The van der Waals surface area contributed by atoms with Gasteiger partial charge in [-0.15, -0.1) is 0 Å². The maximum Gasteiger partial charge on any atom is 0.407 e. The van der Waals surface area contributed by atoms with E-state index in [1.807, 2.05) is 12.1 Å². The molecule has 0 atom stereocenters. The number of carboxylic acid groups (broad SMARTS) is 1. The smallest absolute Gasteiger partial charge is 0.407 e. The summed E-state index contributed by atoms with van der Waals surface area (Å²) in [6, 6.07) is 14.6. The van der Waals surface area contributed by atoms with Crippen LogP contribution < -0.4 is 5.32 Å². The van der Waals surface area contributed by atoms with Gasteiger partial charge in [-0.1, -0.05) is 61.7 Å². The van der Waals surface area contributed by atoms with E-state index in [0.29, 0.717) is 6.54 Å². The molecule has 0 aromatic heterocycles. The van der Waals surface area contributed by atoms with E-state index in [4.69, 9.17) is 9.84 Å². The normalized spacial score (nSPS) is 11.6. The number of benzene rings is 2. The highest BCUT2D eigenvalue weighted by atomic mass is 16.5. The molecular weight excluding hydrogens is 354 g/mol. The fourth-order valence-electron chi connectivity index (χ4n) is 3.67. The quantitative estimate of drug-likeness (QED) is 0.489. The van der Waals surface area contributed by atoms with Crippen LogP contribution in [0.3, 0.4) is 0 Å². The number of carbonyl (C=O) groups excluding carboxylic acids is 1. The van der Waals surface area contributed by atoms with Crippen LogP contribution in [-0.4, -0.2) is 23.7 Å². The lowest BCUT2D eigenvalue weighted by Crippen LogP contribution is -2.25. The minimum absolute atomic E-state index is 0.235. The molecule has 2 N–H and O–H groups in total. The number of fused-ring (bicyclic) bond motifs is 3. The molecule has 3 rings (SSSR count). The molecule has 0 aliphatic heterocycles.